The maximum atomic E-state index is 5.44. The van der Waals surface area contributed by atoms with E-state index < -0.39 is 0 Å². The molecule has 0 aliphatic carbocycles. The molecule has 3 aromatic rings. The summed E-state index contributed by atoms with van der Waals surface area (Å²) < 4.78 is 18.0. The molecule has 0 unspecified atom stereocenters. The molecule has 0 fully saturated rings. The van der Waals surface area contributed by atoms with Crippen molar-refractivity contribution >= 4 is 11.0 Å². The van der Waals surface area contributed by atoms with Crippen LogP contribution >= 0.6 is 0 Å². The molecule has 0 saturated heterocycles. The number of aromatic nitrogens is 2. The fourth-order valence-electron chi connectivity index (χ4n) is 2.89. The van der Waals surface area contributed by atoms with Crippen molar-refractivity contribution in [2.24, 2.45) is 0 Å². The molecule has 0 spiro atoms. The van der Waals surface area contributed by atoms with Gasteiger partial charge < -0.3 is 14.2 Å². The van der Waals surface area contributed by atoms with E-state index in [1.54, 1.807) is 21.3 Å². The van der Waals surface area contributed by atoms with Gasteiger partial charge in [-0.05, 0) is 29.3 Å². The first-order valence-corrected chi connectivity index (χ1v) is 7.90. The largest absolute Gasteiger partial charge is 0.496 e. The average molecular weight is 326 g/mol. The topological polar surface area (TPSA) is 45.5 Å². The summed E-state index contributed by atoms with van der Waals surface area (Å²) in [6, 6.07) is 15.0. The number of hydrogen-bond donors (Lipinski definition) is 0. The zero-order valence-corrected chi connectivity index (χ0v) is 14.3. The molecule has 24 heavy (non-hydrogen) atoms. The number of para-hydroxylation sites is 1. The van der Waals surface area contributed by atoms with Crippen LogP contribution in [0.3, 0.4) is 0 Å². The number of imidazole rings is 1. The molecule has 2 aromatic carbocycles. The van der Waals surface area contributed by atoms with Gasteiger partial charge in [0.1, 0.15) is 5.75 Å². The van der Waals surface area contributed by atoms with Crippen molar-refractivity contribution in [2.45, 2.75) is 13.0 Å². The van der Waals surface area contributed by atoms with E-state index in [0.717, 1.165) is 28.8 Å². The molecular weight excluding hydrogens is 304 g/mol. The highest BCUT2D eigenvalue weighted by Crippen LogP contribution is 2.25. The summed E-state index contributed by atoms with van der Waals surface area (Å²) in [6.45, 7) is 1.33. The highest BCUT2D eigenvalue weighted by atomic mass is 16.5. The van der Waals surface area contributed by atoms with Gasteiger partial charge in [0.15, 0.2) is 0 Å². The molecular formula is C19H22N2O3. The Balaban J connectivity index is 1.94. The molecule has 3 rings (SSSR count). The first-order valence-electron chi connectivity index (χ1n) is 7.90. The summed E-state index contributed by atoms with van der Waals surface area (Å²) in [5.41, 5.74) is 4.32. The van der Waals surface area contributed by atoms with Crippen molar-refractivity contribution in [1.29, 1.82) is 0 Å². The Morgan fingerprint density at radius 2 is 1.83 bits per heavy atom. The van der Waals surface area contributed by atoms with E-state index in [9.17, 15) is 0 Å². The minimum Gasteiger partial charge on any atom is -0.496 e. The van der Waals surface area contributed by atoms with Crippen LogP contribution in [0.5, 0.6) is 11.8 Å². The van der Waals surface area contributed by atoms with Crippen molar-refractivity contribution in [3.05, 3.63) is 53.6 Å². The monoisotopic (exact) mass is 326 g/mol. The van der Waals surface area contributed by atoms with E-state index in [2.05, 4.69) is 29.2 Å². The number of ether oxygens (including phenoxy) is 3. The van der Waals surface area contributed by atoms with Crippen LogP contribution in [0.15, 0.2) is 42.5 Å². The molecule has 0 radical (unpaired) electrons. The Morgan fingerprint density at radius 3 is 2.58 bits per heavy atom. The van der Waals surface area contributed by atoms with Crippen LogP contribution < -0.4 is 9.47 Å². The Bertz CT molecular complexity index is 827. The summed E-state index contributed by atoms with van der Waals surface area (Å²) in [7, 11) is 5.03. The fraction of sp³-hybridized carbons (Fsp3) is 0.316. The minimum atomic E-state index is 0.608. The molecule has 5 heteroatoms. The van der Waals surface area contributed by atoms with Crippen molar-refractivity contribution < 1.29 is 14.2 Å². The SMILES string of the molecule is COCCn1c(OC)nc2cc(Cc3ccccc3OC)ccc21. The van der Waals surface area contributed by atoms with E-state index in [1.807, 2.05) is 22.8 Å². The first-order chi connectivity index (χ1) is 11.8. The quantitative estimate of drug-likeness (QED) is 0.668. The molecule has 1 aromatic heterocycles. The number of fused-ring (bicyclic) bond motifs is 1. The Kier molecular flexibility index (Phi) is 5.01. The van der Waals surface area contributed by atoms with Crippen molar-refractivity contribution in [3.8, 4) is 11.8 Å². The predicted molar refractivity (Wildman–Crippen MR) is 94.0 cm³/mol. The van der Waals surface area contributed by atoms with Crippen LogP contribution in [0, 0.1) is 0 Å². The lowest BCUT2D eigenvalue weighted by Gasteiger charge is -2.09. The van der Waals surface area contributed by atoms with Gasteiger partial charge in [-0.3, -0.25) is 4.57 Å². The maximum Gasteiger partial charge on any atom is 0.297 e. The Morgan fingerprint density at radius 1 is 1.00 bits per heavy atom. The lowest BCUT2D eigenvalue weighted by Crippen LogP contribution is -2.06. The van der Waals surface area contributed by atoms with Crippen molar-refractivity contribution in [1.82, 2.24) is 9.55 Å². The normalized spacial score (nSPS) is 11.0. The molecule has 0 N–H and O–H groups in total. The van der Waals surface area contributed by atoms with Gasteiger partial charge in [-0.1, -0.05) is 24.3 Å². The lowest BCUT2D eigenvalue weighted by molar-refractivity contribution is 0.184. The van der Waals surface area contributed by atoms with Gasteiger partial charge in [0.05, 0.1) is 38.4 Å². The van der Waals surface area contributed by atoms with Gasteiger partial charge in [-0.15, -0.1) is 0 Å². The predicted octanol–water partition coefficient (Wildman–Crippen LogP) is 3.29. The summed E-state index contributed by atoms with van der Waals surface area (Å²) in [5.74, 6) is 0.904. The zero-order chi connectivity index (χ0) is 16.9. The zero-order valence-electron chi connectivity index (χ0n) is 14.3. The Hall–Kier alpha value is -2.53. The first kappa shape index (κ1) is 16.3. The standard InChI is InChI=1S/C19H22N2O3/c1-22-11-10-21-17-9-8-14(13-16(17)20-19(21)24-3)12-15-6-4-5-7-18(15)23-2/h4-9,13H,10-12H2,1-3H3. The Labute approximate surface area is 141 Å². The summed E-state index contributed by atoms with van der Waals surface area (Å²) >= 11 is 0. The van der Waals surface area contributed by atoms with Gasteiger partial charge in [-0.2, -0.15) is 4.98 Å². The van der Waals surface area contributed by atoms with E-state index in [4.69, 9.17) is 14.2 Å². The third-order valence-corrected chi connectivity index (χ3v) is 4.07. The molecule has 5 nitrogen and oxygen atoms in total. The van der Waals surface area contributed by atoms with Gasteiger partial charge >= 0.3 is 0 Å². The average Bonchev–Trinajstić information content (AvgIpc) is 2.97. The van der Waals surface area contributed by atoms with Gasteiger partial charge in [0.25, 0.3) is 6.01 Å². The summed E-state index contributed by atoms with van der Waals surface area (Å²) in [4.78, 5) is 4.58. The molecule has 0 aliphatic rings. The van der Waals surface area contributed by atoms with Gasteiger partial charge in [0, 0.05) is 13.5 Å². The maximum absolute atomic E-state index is 5.44. The molecule has 0 amide bonds. The number of hydrogen-bond acceptors (Lipinski definition) is 4. The number of methoxy groups -OCH3 is 3. The third-order valence-electron chi connectivity index (χ3n) is 4.07. The van der Waals surface area contributed by atoms with E-state index in [0.29, 0.717) is 19.2 Å². The fourth-order valence-corrected chi connectivity index (χ4v) is 2.89. The highest BCUT2D eigenvalue weighted by molar-refractivity contribution is 5.77. The highest BCUT2D eigenvalue weighted by Gasteiger charge is 2.12. The van der Waals surface area contributed by atoms with Crippen LogP contribution in [-0.2, 0) is 17.7 Å². The van der Waals surface area contributed by atoms with Crippen LogP contribution in [-0.4, -0.2) is 37.5 Å². The van der Waals surface area contributed by atoms with Gasteiger partial charge in [-0.25, -0.2) is 0 Å². The third kappa shape index (κ3) is 3.21. The summed E-state index contributed by atoms with van der Waals surface area (Å²) in [6.07, 6.45) is 0.799. The minimum absolute atomic E-state index is 0.608. The van der Waals surface area contributed by atoms with E-state index in [1.165, 1.54) is 5.56 Å². The molecule has 0 bridgehead atoms. The smallest absolute Gasteiger partial charge is 0.297 e. The van der Waals surface area contributed by atoms with Crippen LogP contribution in [0.1, 0.15) is 11.1 Å². The molecule has 0 aliphatic heterocycles. The lowest BCUT2D eigenvalue weighted by atomic mass is 10.0. The number of rotatable bonds is 7. The number of benzene rings is 2. The van der Waals surface area contributed by atoms with Crippen LogP contribution in [0.4, 0.5) is 0 Å². The van der Waals surface area contributed by atoms with Crippen LogP contribution in [0.2, 0.25) is 0 Å². The second kappa shape index (κ2) is 7.36. The summed E-state index contributed by atoms with van der Waals surface area (Å²) in [5, 5.41) is 0. The molecule has 0 saturated carbocycles. The van der Waals surface area contributed by atoms with Crippen LogP contribution in [0.25, 0.3) is 11.0 Å². The second-order valence-corrected chi connectivity index (χ2v) is 5.55. The second-order valence-electron chi connectivity index (χ2n) is 5.55. The van der Waals surface area contributed by atoms with E-state index in [-0.39, 0.29) is 0 Å². The number of nitrogens with zero attached hydrogens (tertiary/aromatic N) is 2. The van der Waals surface area contributed by atoms with E-state index >= 15 is 0 Å². The van der Waals surface area contributed by atoms with Crippen molar-refractivity contribution in [2.75, 3.05) is 27.9 Å². The van der Waals surface area contributed by atoms with Crippen molar-refractivity contribution in [3.63, 3.8) is 0 Å². The molecule has 0 atom stereocenters. The molecule has 1 heterocycles. The van der Waals surface area contributed by atoms with Gasteiger partial charge in [0.2, 0.25) is 0 Å². The molecule has 126 valence electrons.